The Morgan fingerprint density at radius 1 is 1.53 bits per heavy atom. The van der Waals surface area contributed by atoms with E-state index in [0.29, 0.717) is 4.96 Å². The van der Waals surface area contributed by atoms with Crippen molar-refractivity contribution < 1.29 is 21.6 Å². The Kier molecular flexibility index (Phi) is 3.23. The molecule has 2 N–H and O–H groups in total. The average molecular weight is 314 g/mol. The van der Waals surface area contributed by atoms with Crippen molar-refractivity contribution in [2.75, 3.05) is 19.3 Å². The Balaban J connectivity index is 2.50. The number of alkyl halides is 3. The zero-order valence-electron chi connectivity index (χ0n) is 9.55. The van der Waals surface area contributed by atoms with E-state index >= 15 is 0 Å². The fourth-order valence-corrected chi connectivity index (χ4v) is 3.62. The topological polar surface area (TPSA) is 80.7 Å². The smallest absolute Gasteiger partial charge is 0.381 e. The van der Waals surface area contributed by atoms with Gasteiger partial charge in [0.05, 0.1) is 0 Å². The maximum absolute atomic E-state index is 12.3. The lowest BCUT2D eigenvalue weighted by atomic mass is 10.6. The van der Waals surface area contributed by atoms with Crippen LogP contribution in [0.15, 0.2) is 16.6 Å². The molecule has 0 fully saturated rings. The van der Waals surface area contributed by atoms with Crippen LogP contribution in [-0.4, -0.2) is 41.9 Å². The molecule has 19 heavy (non-hydrogen) atoms. The Hall–Kier alpha value is -1.33. The molecular formula is C8H9F3N4O2S2. The minimum absolute atomic E-state index is 0.199. The molecule has 11 heteroatoms. The first kappa shape index (κ1) is 14.1. The summed E-state index contributed by atoms with van der Waals surface area (Å²) in [6.07, 6.45) is -3.24. The van der Waals surface area contributed by atoms with E-state index in [0.717, 1.165) is 22.8 Å². The van der Waals surface area contributed by atoms with Gasteiger partial charge in [-0.05, 0) is 0 Å². The SMILES string of the molecule is CN(CC(F)(F)F)S(=O)(=O)c1c(N)nc2sccn12. The fraction of sp³-hybridized carbons (Fsp3) is 0.375. The quantitative estimate of drug-likeness (QED) is 0.922. The second-order valence-corrected chi connectivity index (χ2v) is 6.57. The van der Waals surface area contributed by atoms with Crippen LogP contribution in [0.4, 0.5) is 19.0 Å². The van der Waals surface area contributed by atoms with E-state index in [1.807, 2.05) is 0 Å². The molecule has 0 radical (unpaired) electrons. The largest absolute Gasteiger partial charge is 0.402 e. The van der Waals surface area contributed by atoms with E-state index in [4.69, 9.17) is 5.73 Å². The minimum Gasteiger partial charge on any atom is -0.381 e. The Labute approximate surface area is 110 Å². The molecule has 106 valence electrons. The van der Waals surface area contributed by atoms with E-state index < -0.39 is 27.8 Å². The lowest BCUT2D eigenvalue weighted by Crippen LogP contribution is -2.36. The first-order valence-electron chi connectivity index (χ1n) is 4.87. The third-order valence-corrected chi connectivity index (χ3v) is 4.90. The summed E-state index contributed by atoms with van der Waals surface area (Å²) in [4.78, 5) is 4.09. The van der Waals surface area contributed by atoms with Crippen molar-refractivity contribution >= 4 is 32.1 Å². The van der Waals surface area contributed by atoms with Crippen LogP contribution in [0.25, 0.3) is 4.96 Å². The third-order valence-electron chi connectivity index (χ3n) is 2.30. The molecule has 0 unspecified atom stereocenters. The lowest BCUT2D eigenvalue weighted by Gasteiger charge is -2.18. The third kappa shape index (κ3) is 2.53. The molecule has 2 aromatic heterocycles. The molecule has 0 aliphatic heterocycles. The number of sulfonamides is 1. The number of anilines is 1. The number of nitrogen functional groups attached to an aromatic ring is 1. The van der Waals surface area contributed by atoms with Crippen LogP contribution in [0.3, 0.4) is 0 Å². The first-order chi connectivity index (χ1) is 8.63. The van der Waals surface area contributed by atoms with Gasteiger partial charge < -0.3 is 5.73 Å². The fourth-order valence-electron chi connectivity index (χ4n) is 1.52. The van der Waals surface area contributed by atoms with Crippen molar-refractivity contribution in [2.45, 2.75) is 11.2 Å². The highest BCUT2D eigenvalue weighted by atomic mass is 32.2. The summed E-state index contributed by atoms with van der Waals surface area (Å²) in [6, 6.07) is 0. The van der Waals surface area contributed by atoms with Gasteiger partial charge in [0.15, 0.2) is 15.8 Å². The van der Waals surface area contributed by atoms with Crippen LogP contribution in [0.1, 0.15) is 0 Å². The molecule has 0 saturated carbocycles. The van der Waals surface area contributed by atoms with Crippen LogP contribution in [0.5, 0.6) is 0 Å². The zero-order valence-corrected chi connectivity index (χ0v) is 11.2. The summed E-state index contributed by atoms with van der Waals surface area (Å²) in [7, 11) is -3.52. The van der Waals surface area contributed by atoms with Crippen LogP contribution >= 0.6 is 11.3 Å². The standard InChI is InChI=1S/C8H9F3N4O2S2/c1-14(4-8(9,10)11)19(16,17)6-5(12)13-7-15(6)2-3-18-7/h2-3H,4,12H2,1H3. The first-order valence-corrected chi connectivity index (χ1v) is 7.19. The highest BCUT2D eigenvalue weighted by Gasteiger charge is 2.37. The number of rotatable bonds is 3. The average Bonchev–Trinajstić information content (AvgIpc) is 2.73. The van der Waals surface area contributed by atoms with Crippen LogP contribution in [0, 0.1) is 0 Å². The summed E-state index contributed by atoms with van der Waals surface area (Å²) >= 11 is 1.13. The van der Waals surface area contributed by atoms with Crippen LogP contribution in [0.2, 0.25) is 0 Å². The molecule has 0 aliphatic rings. The number of halogens is 3. The number of nitrogens with zero attached hydrogens (tertiary/aromatic N) is 3. The van der Waals surface area contributed by atoms with Crippen molar-refractivity contribution in [1.82, 2.24) is 13.7 Å². The maximum atomic E-state index is 12.3. The van der Waals surface area contributed by atoms with Gasteiger partial charge in [-0.1, -0.05) is 0 Å². The van der Waals surface area contributed by atoms with Crippen molar-refractivity contribution in [3.63, 3.8) is 0 Å². The monoisotopic (exact) mass is 314 g/mol. The lowest BCUT2D eigenvalue weighted by molar-refractivity contribution is -0.134. The van der Waals surface area contributed by atoms with E-state index in [2.05, 4.69) is 4.98 Å². The molecule has 0 saturated heterocycles. The molecule has 2 aromatic rings. The van der Waals surface area contributed by atoms with Gasteiger partial charge in [0, 0.05) is 18.6 Å². The van der Waals surface area contributed by atoms with Gasteiger partial charge in [-0.3, -0.25) is 4.40 Å². The van der Waals surface area contributed by atoms with Gasteiger partial charge in [0.1, 0.15) is 6.54 Å². The molecule has 0 spiro atoms. The highest BCUT2D eigenvalue weighted by Crippen LogP contribution is 2.27. The molecule has 0 aliphatic carbocycles. The van der Waals surface area contributed by atoms with E-state index in [1.165, 1.54) is 6.20 Å². The molecule has 0 aromatic carbocycles. The van der Waals surface area contributed by atoms with Gasteiger partial charge in [0.25, 0.3) is 10.0 Å². The van der Waals surface area contributed by atoms with Crippen molar-refractivity contribution in [3.05, 3.63) is 11.6 Å². The summed E-state index contributed by atoms with van der Waals surface area (Å²) in [6.45, 7) is -1.59. The minimum atomic E-state index is -4.63. The van der Waals surface area contributed by atoms with E-state index in [1.54, 1.807) is 5.38 Å². The van der Waals surface area contributed by atoms with Gasteiger partial charge in [-0.25, -0.2) is 13.4 Å². The van der Waals surface area contributed by atoms with Crippen LogP contribution in [-0.2, 0) is 10.0 Å². The zero-order chi connectivity index (χ0) is 14.4. The van der Waals surface area contributed by atoms with E-state index in [9.17, 15) is 21.6 Å². The highest BCUT2D eigenvalue weighted by molar-refractivity contribution is 7.89. The van der Waals surface area contributed by atoms with Gasteiger partial charge in [-0.2, -0.15) is 17.5 Å². The Morgan fingerprint density at radius 2 is 2.16 bits per heavy atom. The molecule has 6 nitrogen and oxygen atoms in total. The predicted molar refractivity (Wildman–Crippen MR) is 63.4 cm³/mol. The van der Waals surface area contributed by atoms with Gasteiger partial charge in [0.2, 0.25) is 0 Å². The van der Waals surface area contributed by atoms with Crippen molar-refractivity contribution in [1.29, 1.82) is 0 Å². The Morgan fingerprint density at radius 3 is 2.74 bits per heavy atom. The number of hydrogen-bond acceptors (Lipinski definition) is 5. The molecule has 0 atom stereocenters. The number of aromatic nitrogens is 2. The maximum Gasteiger partial charge on any atom is 0.402 e. The van der Waals surface area contributed by atoms with Crippen molar-refractivity contribution in [3.8, 4) is 0 Å². The molecule has 0 amide bonds. The summed E-state index contributed by atoms with van der Waals surface area (Å²) in [5.74, 6) is -0.319. The molecule has 2 rings (SSSR count). The number of nitrogens with two attached hydrogens (primary N) is 1. The second kappa shape index (κ2) is 4.35. The summed E-state index contributed by atoms with van der Waals surface area (Å²) < 4.78 is 62.4. The summed E-state index contributed by atoms with van der Waals surface area (Å²) in [5.41, 5.74) is 5.47. The summed E-state index contributed by atoms with van der Waals surface area (Å²) in [5, 5.41) is 1.11. The number of fused-ring (bicyclic) bond motifs is 1. The van der Waals surface area contributed by atoms with Gasteiger partial charge in [-0.15, -0.1) is 11.3 Å². The molecular weight excluding hydrogens is 305 g/mol. The second-order valence-electron chi connectivity index (χ2n) is 3.73. The van der Waals surface area contributed by atoms with Gasteiger partial charge >= 0.3 is 6.18 Å². The van der Waals surface area contributed by atoms with E-state index in [-0.39, 0.29) is 10.1 Å². The number of imidazole rings is 1. The normalized spacial score (nSPS) is 13.5. The number of thiazole rings is 1. The van der Waals surface area contributed by atoms with Crippen molar-refractivity contribution in [2.24, 2.45) is 0 Å². The van der Waals surface area contributed by atoms with Crippen LogP contribution < -0.4 is 5.73 Å². The molecule has 0 bridgehead atoms. The predicted octanol–water partition coefficient (Wildman–Crippen LogP) is 1.16. The number of hydrogen-bond donors (Lipinski definition) is 1. The Bertz CT molecular complexity index is 703. The molecule has 2 heterocycles.